The molecule has 13 nitrogen and oxygen atoms in total. The first-order valence-corrected chi connectivity index (χ1v) is 11.7. The van der Waals surface area contributed by atoms with Crippen molar-refractivity contribution in [1.29, 1.82) is 0 Å². The van der Waals surface area contributed by atoms with E-state index in [1.807, 2.05) is 41.5 Å². The van der Waals surface area contributed by atoms with Crippen molar-refractivity contribution in [2.75, 3.05) is 26.2 Å². The van der Waals surface area contributed by atoms with E-state index in [-0.39, 0.29) is 126 Å². The van der Waals surface area contributed by atoms with Gasteiger partial charge in [-0.2, -0.15) is 0 Å². The summed E-state index contributed by atoms with van der Waals surface area (Å²) < 4.78 is 10.6. The maximum Gasteiger partial charge on any atom is 1.00 e. The standard InChI is InChI=1S/2C11H18N2O3.CH2O3.2K/c2*1-10(2,3)16-9(14)13-5-8-4-11(8,7-13)6-12-15;2-1(3)4;;/h2*6,8,15H,4-5,7H2,1-3H3;(H2,2,3,4);;/q;;;2*+1/p-2. The molecule has 4 unspecified atom stereocenters. The molecule has 4 rings (SSSR count). The maximum absolute atomic E-state index is 11.8. The zero-order valence-corrected chi connectivity index (χ0v) is 29.8. The van der Waals surface area contributed by atoms with Crippen molar-refractivity contribution in [2.45, 2.75) is 65.6 Å². The van der Waals surface area contributed by atoms with Crippen molar-refractivity contribution in [2.24, 2.45) is 33.0 Å². The van der Waals surface area contributed by atoms with E-state index in [4.69, 9.17) is 34.9 Å². The van der Waals surface area contributed by atoms with E-state index in [0.29, 0.717) is 38.0 Å². The van der Waals surface area contributed by atoms with E-state index in [0.717, 1.165) is 12.8 Å². The molecule has 4 atom stereocenters. The molecule has 2 saturated heterocycles. The Kier molecular flexibility index (Phi) is 14.8. The number of carbonyl (C=O) groups excluding carboxylic acids is 3. The monoisotopic (exact) mass is 590 g/mol. The van der Waals surface area contributed by atoms with Crippen LogP contribution in [0.2, 0.25) is 0 Å². The Labute approximate surface area is 308 Å². The fraction of sp³-hybridized carbons (Fsp3) is 0.783. The summed E-state index contributed by atoms with van der Waals surface area (Å²) in [5.41, 5.74) is -1.07. The zero-order chi connectivity index (χ0) is 27.5. The maximum atomic E-state index is 11.8. The van der Waals surface area contributed by atoms with Crippen LogP contribution in [-0.2, 0) is 9.47 Å². The summed E-state index contributed by atoms with van der Waals surface area (Å²) in [6.45, 7) is 13.8. The first-order chi connectivity index (χ1) is 16.5. The van der Waals surface area contributed by atoms with Crippen LogP contribution in [0.1, 0.15) is 54.4 Å². The Morgan fingerprint density at radius 3 is 1.32 bits per heavy atom. The number of hydrogen-bond donors (Lipinski definition) is 2. The molecule has 4 fully saturated rings. The molecule has 2 amide bonds. The van der Waals surface area contributed by atoms with Crippen LogP contribution in [0, 0.1) is 22.7 Å². The van der Waals surface area contributed by atoms with E-state index in [9.17, 15) is 9.59 Å². The first kappa shape index (κ1) is 38.0. The quantitative estimate of drug-likeness (QED) is 0.137. The Morgan fingerprint density at radius 1 is 0.789 bits per heavy atom. The molecule has 0 spiro atoms. The SMILES string of the molecule is CC(C)(C)OC(=O)N1CC2CC2(C=NO)C1.CC(C)(C)OC(=O)N1CC2CC2(C=NO)C1.O=C([O-])[O-].[K+].[K+]. The van der Waals surface area contributed by atoms with Crippen molar-refractivity contribution in [3.63, 3.8) is 0 Å². The first-order valence-electron chi connectivity index (χ1n) is 11.7. The molecule has 2 heterocycles. The molecule has 204 valence electrons. The summed E-state index contributed by atoms with van der Waals surface area (Å²) in [7, 11) is 0. The average molecular weight is 591 g/mol. The van der Waals surface area contributed by atoms with E-state index < -0.39 is 17.4 Å². The van der Waals surface area contributed by atoms with E-state index in [2.05, 4.69) is 10.3 Å². The van der Waals surface area contributed by atoms with Crippen LogP contribution in [-0.4, -0.2) is 88.4 Å². The van der Waals surface area contributed by atoms with Crippen LogP contribution in [0.4, 0.5) is 14.4 Å². The Bertz CT molecular complexity index is 836. The smallest absolute Gasteiger partial charge is 0.652 e. The van der Waals surface area contributed by atoms with Gasteiger partial charge in [0.2, 0.25) is 0 Å². The van der Waals surface area contributed by atoms with Gasteiger partial charge >= 0.3 is 115 Å². The molecule has 15 heteroatoms. The second-order valence-corrected chi connectivity index (χ2v) is 11.7. The Balaban J connectivity index is 0.000000604. The van der Waals surface area contributed by atoms with Gasteiger partial charge in [0.15, 0.2) is 0 Å². The minimum Gasteiger partial charge on any atom is -0.652 e. The fourth-order valence-electron chi connectivity index (χ4n) is 4.61. The molecule has 0 aromatic heterocycles. The molecule has 0 aromatic carbocycles. The summed E-state index contributed by atoms with van der Waals surface area (Å²) in [6, 6.07) is 0. The fourth-order valence-corrected chi connectivity index (χ4v) is 4.61. The molecule has 0 bridgehead atoms. The molecular formula is C23H36K2N4O9. The van der Waals surface area contributed by atoms with Crippen LogP contribution in [0.15, 0.2) is 10.3 Å². The third-order valence-electron chi connectivity index (χ3n) is 6.34. The minimum absolute atomic E-state index is 0. The van der Waals surface area contributed by atoms with Crippen LogP contribution in [0.3, 0.4) is 0 Å². The van der Waals surface area contributed by atoms with Crippen molar-refractivity contribution in [1.82, 2.24) is 9.80 Å². The molecular weight excluding hydrogens is 554 g/mol. The number of fused-ring (bicyclic) bond motifs is 2. The normalized spacial score (nSPS) is 28.4. The molecule has 2 saturated carbocycles. The van der Waals surface area contributed by atoms with Gasteiger partial charge in [0, 0.05) is 37.0 Å². The Hall–Kier alpha value is 0.0227. The summed E-state index contributed by atoms with van der Waals surface area (Å²) >= 11 is 0. The number of piperidine rings is 2. The van der Waals surface area contributed by atoms with Crippen molar-refractivity contribution < 1.29 is 147 Å². The van der Waals surface area contributed by atoms with Crippen LogP contribution in [0.5, 0.6) is 0 Å². The summed E-state index contributed by atoms with van der Waals surface area (Å²) in [6.07, 6.45) is 2.26. The molecule has 2 aliphatic heterocycles. The van der Waals surface area contributed by atoms with Gasteiger partial charge in [0.25, 0.3) is 0 Å². The van der Waals surface area contributed by atoms with Gasteiger partial charge < -0.3 is 44.7 Å². The number of nitrogens with zero attached hydrogens (tertiary/aromatic N) is 4. The predicted molar refractivity (Wildman–Crippen MR) is 123 cm³/mol. The van der Waals surface area contributed by atoms with E-state index in [1.54, 1.807) is 22.2 Å². The van der Waals surface area contributed by atoms with Crippen molar-refractivity contribution >= 4 is 30.8 Å². The van der Waals surface area contributed by atoms with Gasteiger partial charge in [-0.25, -0.2) is 9.59 Å². The number of likely N-dealkylation sites (tertiary alicyclic amines) is 2. The minimum atomic E-state index is -2.33. The molecule has 0 aromatic rings. The van der Waals surface area contributed by atoms with Crippen molar-refractivity contribution in [3.8, 4) is 0 Å². The zero-order valence-electron chi connectivity index (χ0n) is 23.6. The number of carbonyl (C=O) groups is 3. The van der Waals surface area contributed by atoms with Gasteiger partial charge in [-0.1, -0.05) is 0 Å². The van der Waals surface area contributed by atoms with Gasteiger partial charge in [0.05, 0.1) is 12.4 Å². The second kappa shape index (κ2) is 14.8. The molecule has 4 aliphatic rings. The van der Waals surface area contributed by atoms with Gasteiger partial charge in [-0.05, 0) is 72.4 Å². The number of rotatable bonds is 2. The van der Waals surface area contributed by atoms with Crippen LogP contribution < -0.4 is 113 Å². The van der Waals surface area contributed by atoms with Gasteiger partial charge in [0.1, 0.15) is 11.2 Å². The number of hydrogen-bond acceptors (Lipinski definition) is 11. The summed E-state index contributed by atoms with van der Waals surface area (Å²) in [4.78, 5) is 35.3. The van der Waals surface area contributed by atoms with Crippen LogP contribution >= 0.6 is 0 Å². The van der Waals surface area contributed by atoms with E-state index >= 15 is 0 Å². The number of carboxylic acid groups (broad SMARTS) is 2. The number of amides is 2. The molecule has 38 heavy (non-hydrogen) atoms. The average Bonchev–Trinajstić information content (AvgIpc) is 3.46. The predicted octanol–water partition coefficient (Wildman–Crippen LogP) is -5.03. The molecule has 2 N–H and O–H groups in total. The third kappa shape index (κ3) is 11.5. The van der Waals surface area contributed by atoms with Crippen LogP contribution in [0.25, 0.3) is 0 Å². The van der Waals surface area contributed by atoms with E-state index in [1.165, 1.54) is 0 Å². The van der Waals surface area contributed by atoms with Gasteiger partial charge in [-0.15, -0.1) is 10.3 Å². The topological polar surface area (TPSA) is 187 Å². The third-order valence-corrected chi connectivity index (χ3v) is 6.34. The summed E-state index contributed by atoms with van der Waals surface area (Å²) in [5.74, 6) is 0.881. The summed E-state index contributed by atoms with van der Waals surface area (Å²) in [5, 5.41) is 40.0. The number of ether oxygens (including phenoxy) is 2. The molecule has 0 radical (unpaired) electrons. The van der Waals surface area contributed by atoms with Crippen molar-refractivity contribution in [3.05, 3.63) is 0 Å². The van der Waals surface area contributed by atoms with Gasteiger partial charge in [-0.3, -0.25) is 0 Å². The second-order valence-electron chi connectivity index (χ2n) is 11.7. The number of oxime groups is 2. The Morgan fingerprint density at radius 2 is 1.08 bits per heavy atom. The molecule has 2 aliphatic carbocycles. The largest absolute Gasteiger partial charge is 1.00 e.